The third kappa shape index (κ3) is 8.07. The molecule has 2 saturated heterocycles. The average Bonchev–Trinajstić information content (AvgIpc) is 3.33. The average molecular weight is 500 g/mol. The van der Waals surface area contributed by atoms with Crippen molar-refractivity contribution in [3.8, 4) is 5.75 Å². The van der Waals surface area contributed by atoms with Gasteiger partial charge in [0.1, 0.15) is 12.4 Å². The Morgan fingerprint density at radius 3 is 2.50 bits per heavy atom. The van der Waals surface area contributed by atoms with Crippen molar-refractivity contribution in [2.24, 2.45) is 4.99 Å². The number of carbonyl (C=O) groups excluding carboxylic acids is 1. The molecular weight excluding hydrogens is 454 g/mol. The first-order valence-corrected chi connectivity index (χ1v) is 13.9. The molecule has 2 fully saturated rings. The minimum absolute atomic E-state index is 0.189. The molecule has 0 aromatic heterocycles. The summed E-state index contributed by atoms with van der Waals surface area (Å²) in [5, 5.41) is 0. The Hall–Kier alpha value is -2.38. The van der Waals surface area contributed by atoms with Gasteiger partial charge in [-0.15, -0.1) is 0 Å². The van der Waals surface area contributed by atoms with Crippen LogP contribution in [-0.4, -0.2) is 80.3 Å². The number of piperidine rings is 1. The van der Waals surface area contributed by atoms with Crippen molar-refractivity contribution >= 4 is 11.9 Å². The summed E-state index contributed by atoms with van der Waals surface area (Å²) in [6.07, 6.45) is 7.30. The van der Waals surface area contributed by atoms with Gasteiger partial charge in [0.25, 0.3) is 0 Å². The molecule has 0 radical (unpaired) electrons. The van der Waals surface area contributed by atoms with Crippen molar-refractivity contribution in [3.05, 3.63) is 41.1 Å². The zero-order valence-electron chi connectivity index (χ0n) is 22.8. The van der Waals surface area contributed by atoms with Crippen LogP contribution in [-0.2, 0) is 14.3 Å². The van der Waals surface area contributed by atoms with Gasteiger partial charge in [0.15, 0.2) is 0 Å². The van der Waals surface area contributed by atoms with Crippen LogP contribution in [0.1, 0.15) is 71.8 Å². The fourth-order valence-corrected chi connectivity index (χ4v) is 4.93. The Morgan fingerprint density at radius 2 is 1.83 bits per heavy atom. The van der Waals surface area contributed by atoms with E-state index in [1.807, 2.05) is 45.0 Å². The topological polar surface area (TPSA) is 63.6 Å². The van der Waals surface area contributed by atoms with Crippen LogP contribution in [0.4, 0.5) is 0 Å². The number of likely N-dealkylation sites (tertiary alicyclic amines) is 2. The van der Waals surface area contributed by atoms with Crippen molar-refractivity contribution in [2.45, 2.75) is 72.3 Å². The van der Waals surface area contributed by atoms with E-state index in [1.165, 1.54) is 38.6 Å². The third-order valence-corrected chi connectivity index (χ3v) is 6.93. The van der Waals surface area contributed by atoms with Gasteiger partial charge < -0.3 is 19.1 Å². The summed E-state index contributed by atoms with van der Waals surface area (Å²) >= 11 is 0. The number of aliphatic imine (C=N–C) groups is 1. The van der Waals surface area contributed by atoms with E-state index >= 15 is 0 Å². The molecule has 7 nitrogen and oxygen atoms in total. The van der Waals surface area contributed by atoms with Crippen molar-refractivity contribution in [1.29, 1.82) is 0 Å². The van der Waals surface area contributed by atoms with Gasteiger partial charge in [0.2, 0.25) is 5.90 Å². The number of hydrogen-bond donors (Lipinski definition) is 0. The molecule has 0 spiro atoms. The Kier molecular flexibility index (Phi) is 11.8. The monoisotopic (exact) mass is 499 g/mol. The van der Waals surface area contributed by atoms with Gasteiger partial charge in [-0.3, -0.25) is 4.90 Å². The van der Waals surface area contributed by atoms with E-state index in [9.17, 15) is 4.79 Å². The molecule has 200 valence electrons. The van der Waals surface area contributed by atoms with Crippen LogP contribution in [0.3, 0.4) is 0 Å². The molecular formula is C29H45N3O4. The molecule has 4 rings (SSSR count). The summed E-state index contributed by atoms with van der Waals surface area (Å²) in [4.78, 5) is 22.2. The zero-order chi connectivity index (χ0) is 25.8. The van der Waals surface area contributed by atoms with Gasteiger partial charge in [-0.1, -0.05) is 20.3 Å². The molecule has 1 unspecified atom stereocenters. The van der Waals surface area contributed by atoms with Gasteiger partial charge in [-0.25, -0.2) is 9.79 Å². The Bertz CT molecular complexity index is 875. The first-order valence-electron chi connectivity index (χ1n) is 13.9. The van der Waals surface area contributed by atoms with E-state index in [0.29, 0.717) is 37.3 Å². The summed E-state index contributed by atoms with van der Waals surface area (Å²) in [5.41, 5.74) is 2.18. The second kappa shape index (κ2) is 15.0. The van der Waals surface area contributed by atoms with Crippen LogP contribution in [0.5, 0.6) is 5.75 Å². The summed E-state index contributed by atoms with van der Waals surface area (Å²) < 4.78 is 17.1. The smallest absolute Gasteiger partial charge is 0.339 e. The molecule has 0 aliphatic carbocycles. The predicted molar refractivity (Wildman–Crippen MR) is 145 cm³/mol. The van der Waals surface area contributed by atoms with E-state index in [4.69, 9.17) is 19.2 Å². The molecule has 1 aromatic rings. The molecule has 7 heteroatoms. The Balaban J connectivity index is 0.00000176. The lowest BCUT2D eigenvalue weighted by molar-refractivity contribution is -0.139. The first-order chi connectivity index (χ1) is 17.6. The van der Waals surface area contributed by atoms with Crippen molar-refractivity contribution in [2.75, 3.05) is 52.5 Å². The van der Waals surface area contributed by atoms with Crippen molar-refractivity contribution in [1.82, 2.24) is 9.80 Å². The highest BCUT2D eigenvalue weighted by Crippen LogP contribution is 2.23. The number of hydrogen-bond acceptors (Lipinski definition) is 7. The number of benzene rings is 1. The van der Waals surface area contributed by atoms with Crippen LogP contribution >= 0.6 is 0 Å². The number of nitrogens with zero attached hydrogens (tertiary/aromatic N) is 3. The lowest BCUT2D eigenvalue weighted by Gasteiger charge is -2.28. The normalized spacial score (nSPS) is 20.8. The Labute approximate surface area is 217 Å². The highest BCUT2D eigenvalue weighted by atomic mass is 16.5. The standard InChI is InChI=1S/C27H39N3O4.C2H6/c1-3-32-27(31)24-20-34-26(28-25(24)19-29-14-5-4-6-15-29)22-10-12-23(13-11-22)33-18-8-17-30-16-7-9-21(30)2;1-2/h10-13,21H,3-9,14-20H2,1-2H3;1-2H3. The van der Waals surface area contributed by atoms with E-state index < -0.39 is 0 Å². The fourth-order valence-electron chi connectivity index (χ4n) is 4.93. The summed E-state index contributed by atoms with van der Waals surface area (Å²) in [6.45, 7) is 14.4. The largest absolute Gasteiger partial charge is 0.494 e. The molecule has 0 saturated carbocycles. The molecule has 0 bridgehead atoms. The summed E-state index contributed by atoms with van der Waals surface area (Å²) in [5.74, 6) is 1.07. The highest BCUT2D eigenvalue weighted by Gasteiger charge is 2.26. The lowest BCUT2D eigenvalue weighted by atomic mass is 10.1. The molecule has 1 aromatic carbocycles. The second-order valence-electron chi connectivity index (χ2n) is 9.44. The zero-order valence-corrected chi connectivity index (χ0v) is 22.8. The van der Waals surface area contributed by atoms with Crippen LogP contribution in [0.2, 0.25) is 0 Å². The van der Waals surface area contributed by atoms with E-state index in [2.05, 4.69) is 16.7 Å². The minimum Gasteiger partial charge on any atom is -0.494 e. The molecule has 0 amide bonds. The van der Waals surface area contributed by atoms with Gasteiger partial charge in [-0.2, -0.15) is 0 Å². The van der Waals surface area contributed by atoms with Crippen LogP contribution < -0.4 is 4.74 Å². The van der Waals surface area contributed by atoms with E-state index in [0.717, 1.165) is 43.1 Å². The van der Waals surface area contributed by atoms with Gasteiger partial charge in [-0.05, 0) is 89.9 Å². The number of carbonyl (C=O) groups is 1. The van der Waals surface area contributed by atoms with Crippen LogP contribution in [0.15, 0.2) is 40.5 Å². The van der Waals surface area contributed by atoms with Gasteiger partial charge in [0, 0.05) is 24.7 Å². The molecule has 0 N–H and O–H groups in total. The third-order valence-electron chi connectivity index (χ3n) is 6.93. The number of ether oxygens (including phenoxy) is 3. The van der Waals surface area contributed by atoms with Crippen LogP contribution in [0, 0.1) is 0 Å². The maximum absolute atomic E-state index is 12.5. The van der Waals surface area contributed by atoms with E-state index in [1.54, 1.807) is 0 Å². The summed E-state index contributed by atoms with van der Waals surface area (Å²) in [6, 6.07) is 8.59. The lowest BCUT2D eigenvalue weighted by Crippen LogP contribution is -2.34. The predicted octanol–water partition coefficient (Wildman–Crippen LogP) is 5.05. The van der Waals surface area contributed by atoms with Gasteiger partial charge >= 0.3 is 5.97 Å². The highest BCUT2D eigenvalue weighted by molar-refractivity contribution is 5.98. The molecule has 3 heterocycles. The second-order valence-corrected chi connectivity index (χ2v) is 9.44. The number of rotatable bonds is 10. The quantitative estimate of drug-likeness (QED) is 0.332. The summed E-state index contributed by atoms with van der Waals surface area (Å²) in [7, 11) is 0. The van der Waals surface area contributed by atoms with Crippen molar-refractivity contribution < 1.29 is 19.0 Å². The van der Waals surface area contributed by atoms with Gasteiger partial charge in [0.05, 0.1) is 24.5 Å². The Morgan fingerprint density at radius 1 is 1.08 bits per heavy atom. The minimum atomic E-state index is -0.329. The fraction of sp³-hybridized carbons (Fsp3) is 0.655. The maximum atomic E-state index is 12.5. The number of esters is 1. The molecule has 1 atom stereocenters. The molecule has 3 aliphatic rings. The molecule has 3 aliphatic heterocycles. The van der Waals surface area contributed by atoms with E-state index in [-0.39, 0.29) is 12.6 Å². The SMILES string of the molecule is CC.CCOC(=O)C1=C(CN2CCCCC2)N=C(c2ccc(OCCCN3CCCC3C)cc2)OC1. The van der Waals surface area contributed by atoms with Crippen molar-refractivity contribution in [3.63, 3.8) is 0 Å². The molecule has 36 heavy (non-hydrogen) atoms. The van der Waals surface area contributed by atoms with Crippen LogP contribution in [0.25, 0.3) is 0 Å². The first kappa shape index (κ1) is 28.2. The maximum Gasteiger partial charge on any atom is 0.339 e.